The summed E-state index contributed by atoms with van der Waals surface area (Å²) in [6, 6.07) is 6.01. The van der Waals surface area contributed by atoms with Crippen molar-refractivity contribution in [1.29, 1.82) is 0 Å². The van der Waals surface area contributed by atoms with E-state index in [1.807, 2.05) is 18.2 Å². The average molecular weight is 292 g/mol. The Morgan fingerprint density at radius 1 is 1.33 bits per heavy atom. The quantitative estimate of drug-likeness (QED) is 0.837. The van der Waals surface area contributed by atoms with E-state index >= 15 is 0 Å². The van der Waals surface area contributed by atoms with Crippen LogP contribution < -0.4 is 9.80 Å². The number of benzene rings is 1. The van der Waals surface area contributed by atoms with Crippen LogP contribution in [0, 0.1) is 0 Å². The van der Waals surface area contributed by atoms with Crippen molar-refractivity contribution in [1.82, 2.24) is 0 Å². The molecule has 0 spiro atoms. The molecule has 1 heterocycles. The normalized spacial score (nSPS) is 17.5. The molecule has 2 rings (SSSR count). The van der Waals surface area contributed by atoms with Gasteiger partial charge in [0.25, 0.3) is 5.91 Å². The molecule has 0 fully saturated rings. The fourth-order valence-corrected chi connectivity index (χ4v) is 3.03. The van der Waals surface area contributed by atoms with Crippen molar-refractivity contribution in [3.05, 3.63) is 23.8 Å². The molecule has 5 heteroatoms. The van der Waals surface area contributed by atoms with Gasteiger partial charge in [0.2, 0.25) is 0 Å². The number of nitrogens with zero attached hydrogens (tertiary/aromatic N) is 2. The number of hydrogen-bond donors (Lipinski definition) is 2. The number of carbonyl (C=O) groups excluding carboxylic acids is 1. The van der Waals surface area contributed by atoms with Crippen LogP contribution >= 0.6 is 0 Å². The standard InChI is InChI=1S/C16H24N2O3/c1-4-11(5-2)18(8-9-19)12-6-7-13-14(10-12)17(3)16(21)15(13)20/h6-7,10-11,15,19-20H,4-5,8-9H2,1-3H3. The number of hydrogen-bond acceptors (Lipinski definition) is 4. The average Bonchev–Trinajstić information content (AvgIpc) is 2.72. The van der Waals surface area contributed by atoms with Crippen LogP contribution in [-0.4, -0.2) is 42.4 Å². The molecule has 1 aliphatic heterocycles. The Labute approximate surface area is 125 Å². The Balaban J connectivity index is 2.38. The van der Waals surface area contributed by atoms with Crippen molar-refractivity contribution in [3.8, 4) is 0 Å². The highest BCUT2D eigenvalue weighted by molar-refractivity contribution is 6.03. The van der Waals surface area contributed by atoms with Gasteiger partial charge in [0.1, 0.15) is 0 Å². The van der Waals surface area contributed by atoms with Gasteiger partial charge in [-0.15, -0.1) is 0 Å². The third kappa shape index (κ3) is 2.76. The molecule has 1 aliphatic rings. The molecule has 1 aromatic rings. The Morgan fingerprint density at radius 2 is 2.00 bits per heavy atom. The van der Waals surface area contributed by atoms with Gasteiger partial charge in [-0.25, -0.2) is 0 Å². The minimum atomic E-state index is -1.06. The summed E-state index contributed by atoms with van der Waals surface area (Å²) in [4.78, 5) is 15.5. The lowest BCUT2D eigenvalue weighted by Crippen LogP contribution is -2.36. The lowest BCUT2D eigenvalue weighted by Gasteiger charge is -2.32. The van der Waals surface area contributed by atoms with Gasteiger partial charge in [-0.05, 0) is 25.0 Å². The first kappa shape index (κ1) is 15.8. The van der Waals surface area contributed by atoms with E-state index < -0.39 is 6.10 Å². The Bertz CT molecular complexity index is 514. The van der Waals surface area contributed by atoms with Crippen molar-refractivity contribution in [2.45, 2.75) is 38.8 Å². The van der Waals surface area contributed by atoms with Crippen molar-refractivity contribution in [2.24, 2.45) is 0 Å². The van der Waals surface area contributed by atoms with Crippen LogP contribution in [0.3, 0.4) is 0 Å². The summed E-state index contributed by atoms with van der Waals surface area (Å²) in [5.74, 6) is -0.293. The van der Waals surface area contributed by atoms with E-state index in [2.05, 4.69) is 18.7 Å². The molecule has 5 nitrogen and oxygen atoms in total. The van der Waals surface area contributed by atoms with E-state index in [0.717, 1.165) is 24.2 Å². The van der Waals surface area contributed by atoms with Gasteiger partial charge in [0, 0.05) is 30.9 Å². The highest BCUT2D eigenvalue weighted by Gasteiger charge is 2.34. The molecule has 0 aromatic heterocycles. The lowest BCUT2D eigenvalue weighted by molar-refractivity contribution is -0.125. The maximum Gasteiger partial charge on any atom is 0.260 e. The van der Waals surface area contributed by atoms with E-state index in [1.165, 1.54) is 4.90 Å². The number of aliphatic hydroxyl groups is 2. The lowest BCUT2D eigenvalue weighted by atomic mass is 10.1. The molecule has 116 valence electrons. The summed E-state index contributed by atoms with van der Waals surface area (Å²) >= 11 is 0. The maximum atomic E-state index is 11.8. The van der Waals surface area contributed by atoms with E-state index in [0.29, 0.717) is 18.2 Å². The van der Waals surface area contributed by atoms with E-state index in [-0.39, 0.29) is 12.5 Å². The van der Waals surface area contributed by atoms with E-state index in [9.17, 15) is 15.0 Å². The molecule has 1 unspecified atom stereocenters. The number of fused-ring (bicyclic) bond motifs is 1. The van der Waals surface area contributed by atoms with Crippen LogP contribution in [0.5, 0.6) is 0 Å². The number of likely N-dealkylation sites (N-methyl/N-ethyl adjacent to an activating group) is 1. The molecule has 0 aliphatic carbocycles. The third-order valence-electron chi connectivity index (χ3n) is 4.29. The molecule has 2 N–H and O–H groups in total. The number of amides is 1. The number of anilines is 2. The minimum absolute atomic E-state index is 0.0883. The molecule has 1 amide bonds. The first-order chi connectivity index (χ1) is 10.0. The zero-order valence-corrected chi connectivity index (χ0v) is 12.9. The summed E-state index contributed by atoms with van der Waals surface area (Å²) < 4.78 is 0. The zero-order chi connectivity index (χ0) is 15.6. The highest BCUT2D eigenvalue weighted by atomic mass is 16.3. The predicted octanol–water partition coefficient (Wildman–Crippen LogP) is 1.68. The highest BCUT2D eigenvalue weighted by Crippen LogP contribution is 2.38. The number of aliphatic hydroxyl groups excluding tert-OH is 2. The van der Waals surface area contributed by atoms with Crippen LogP contribution in [-0.2, 0) is 4.79 Å². The summed E-state index contributed by atoms with van der Waals surface area (Å²) in [7, 11) is 1.68. The van der Waals surface area contributed by atoms with Crippen LogP contribution in [0.25, 0.3) is 0 Å². The van der Waals surface area contributed by atoms with Gasteiger partial charge < -0.3 is 20.0 Å². The molecule has 0 saturated carbocycles. The summed E-state index contributed by atoms with van der Waals surface area (Å²) in [6.45, 7) is 4.91. The first-order valence-electron chi connectivity index (χ1n) is 7.52. The summed E-state index contributed by atoms with van der Waals surface area (Å²) in [5, 5.41) is 19.2. The van der Waals surface area contributed by atoms with Crippen molar-refractivity contribution in [3.63, 3.8) is 0 Å². The maximum absolute atomic E-state index is 11.8. The Hall–Kier alpha value is -1.59. The molecule has 1 atom stereocenters. The number of carbonyl (C=O) groups is 1. The second kappa shape index (κ2) is 6.45. The van der Waals surface area contributed by atoms with Gasteiger partial charge in [0.05, 0.1) is 12.3 Å². The molecule has 0 saturated heterocycles. The Morgan fingerprint density at radius 3 is 2.57 bits per heavy atom. The van der Waals surface area contributed by atoms with Crippen LogP contribution in [0.4, 0.5) is 11.4 Å². The Kier molecular flexibility index (Phi) is 4.85. The second-order valence-corrected chi connectivity index (χ2v) is 5.43. The largest absolute Gasteiger partial charge is 0.395 e. The molecule has 0 bridgehead atoms. The summed E-state index contributed by atoms with van der Waals surface area (Å²) in [6.07, 6.45) is 0.925. The van der Waals surface area contributed by atoms with E-state index in [4.69, 9.17) is 0 Å². The van der Waals surface area contributed by atoms with Crippen molar-refractivity contribution >= 4 is 17.3 Å². The monoisotopic (exact) mass is 292 g/mol. The van der Waals surface area contributed by atoms with Crippen LogP contribution in [0.1, 0.15) is 38.4 Å². The molecule has 0 radical (unpaired) electrons. The SMILES string of the molecule is CCC(CC)N(CCO)c1ccc2c(c1)N(C)C(=O)C2O. The number of rotatable bonds is 6. The topological polar surface area (TPSA) is 64.0 Å². The van der Waals surface area contributed by atoms with E-state index in [1.54, 1.807) is 7.05 Å². The second-order valence-electron chi connectivity index (χ2n) is 5.43. The minimum Gasteiger partial charge on any atom is -0.395 e. The van der Waals surface area contributed by atoms with Gasteiger partial charge >= 0.3 is 0 Å². The predicted molar refractivity (Wildman–Crippen MR) is 83.6 cm³/mol. The van der Waals surface area contributed by atoms with Gasteiger partial charge in [-0.3, -0.25) is 4.79 Å². The van der Waals surface area contributed by atoms with Crippen molar-refractivity contribution in [2.75, 3.05) is 30.0 Å². The molecule has 21 heavy (non-hydrogen) atoms. The van der Waals surface area contributed by atoms with Crippen LogP contribution in [0.2, 0.25) is 0 Å². The molecule has 1 aromatic carbocycles. The first-order valence-corrected chi connectivity index (χ1v) is 7.52. The zero-order valence-electron chi connectivity index (χ0n) is 12.9. The van der Waals surface area contributed by atoms with Gasteiger partial charge in [-0.2, -0.15) is 0 Å². The fourth-order valence-electron chi connectivity index (χ4n) is 3.03. The van der Waals surface area contributed by atoms with Crippen molar-refractivity contribution < 1.29 is 15.0 Å². The summed E-state index contributed by atoms with van der Waals surface area (Å²) in [5.41, 5.74) is 2.38. The molecular formula is C16H24N2O3. The molecular weight excluding hydrogens is 268 g/mol. The third-order valence-corrected chi connectivity index (χ3v) is 4.29. The fraction of sp³-hybridized carbons (Fsp3) is 0.562. The van der Waals surface area contributed by atoms with Gasteiger partial charge in [-0.1, -0.05) is 19.9 Å². The van der Waals surface area contributed by atoms with Gasteiger partial charge in [0.15, 0.2) is 6.10 Å². The smallest absolute Gasteiger partial charge is 0.260 e. The van der Waals surface area contributed by atoms with Crippen LogP contribution in [0.15, 0.2) is 18.2 Å².